The van der Waals surface area contributed by atoms with Crippen LogP contribution in [-0.2, 0) is 12.5 Å². The summed E-state index contributed by atoms with van der Waals surface area (Å²) in [5.74, 6) is -1.70. The second-order valence-electron chi connectivity index (χ2n) is 10.6. The number of para-hydroxylation sites is 1. The van der Waals surface area contributed by atoms with Crippen molar-refractivity contribution in [1.82, 2.24) is 19.3 Å². The van der Waals surface area contributed by atoms with Crippen LogP contribution in [0.5, 0.6) is 0 Å². The zero-order valence-electron chi connectivity index (χ0n) is 21.6. The van der Waals surface area contributed by atoms with E-state index in [2.05, 4.69) is 36.1 Å². The highest BCUT2D eigenvalue weighted by Crippen LogP contribution is 2.38. The first-order valence-corrected chi connectivity index (χ1v) is 12.3. The molecule has 0 radical (unpaired) electrons. The van der Waals surface area contributed by atoms with Crippen LogP contribution < -0.4 is 21.5 Å². The van der Waals surface area contributed by atoms with Crippen molar-refractivity contribution in [2.45, 2.75) is 38.6 Å². The molecule has 0 spiro atoms. The highest BCUT2D eigenvalue weighted by Gasteiger charge is 2.29. The number of rotatable bonds is 4. The summed E-state index contributed by atoms with van der Waals surface area (Å²) >= 11 is 0. The molecule has 1 amide bonds. The van der Waals surface area contributed by atoms with Crippen LogP contribution in [0.15, 0.2) is 47.3 Å². The first kappa shape index (κ1) is 25.5. The number of amides is 1. The minimum absolute atomic E-state index is 0.0134. The van der Waals surface area contributed by atoms with Gasteiger partial charge >= 0.3 is 0 Å². The van der Waals surface area contributed by atoms with Gasteiger partial charge in [0.1, 0.15) is 22.7 Å². The summed E-state index contributed by atoms with van der Waals surface area (Å²) in [5.41, 5.74) is 7.25. The van der Waals surface area contributed by atoms with E-state index in [1.807, 2.05) is 17.7 Å². The molecule has 1 aliphatic heterocycles. The molecule has 3 heterocycles. The number of aryl methyl sites for hydroxylation is 1. The molecule has 0 bridgehead atoms. The Bertz CT molecular complexity index is 1600. The first-order valence-electron chi connectivity index (χ1n) is 12.3. The molecule has 2 aromatic carbocycles. The normalized spacial score (nSPS) is 15.9. The van der Waals surface area contributed by atoms with Crippen molar-refractivity contribution in [3.8, 4) is 5.69 Å². The van der Waals surface area contributed by atoms with Gasteiger partial charge in [-0.1, -0.05) is 26.8 Å². The summed E-state index contributed by atoms with van der Waals surface area (Å²) in [6.45, 7) is 7.55. The van der Waals surface area contributed by atoms with E-state index in [1.165, 1.54) is 12.1 Å². The molecule has 1 aliphatic rings. The Balaban J connectivity index is 1.59. The van der Waals surface area contributed by atoms with Crippen LogP contribution in [0, 0.1) is 11.6 Å². The van der Waals surface area contributed by atoms with Crippen molar-refractivity contribution >= 4 is 28.3 Å². The molecule has 11 heteroatoms. The van der Waals surface area contributed by atoms with Gasteiger partial charge in [0.05, 0.1) is 16.9 Å². The number of halogens is 2. The molecular formula is C27H29F2N7O2. The lowest BCUT2D eigenvalue weighted by molar-refractivity contribution is 0.102. The van der Waals surface area contributed by atoms with Gasteiger partial charge < -0.3 is 20.5 Å². The molecule has 0 unspecified atom stereocenters. The van der Waals surface area contributed by atoms with Crippen LogP contribution in [-0.4, -0.2) is 44.4 Å². The minimum Gasteiger partial charge on any atom is -0.366 e. The van der Waals surface area contributed by atoms with Crippen molar-refractivity contribution in [3.63, 3.8) is 0 Å². The summed E-state index contributed by atoms with van der Waals surface area (Å²) in [6.07, 6.45) is 0.795. The highest BCUT2D eigenvalue weighted by atomic mass is 19.1. The van der Waals surface area contributed by atoms with Crippen LogP contribution in [0.2, 0.25) is 0 Å². The number of nitrogens with zero attached hydrogens (tertiary/aromatic N) is 5. The van der Waals surface area contributed by atoms with Gasteiger partial charge in [-0.3, -0.25) is 9.59 Å². The van der Waals surface area contributed by atoms with Gasteiger partial charge in [-0.05, 0) is 36.8 Å². The van der Waals surface area contributed by atoms with Crippen molar-refractivity contribution in [2.75, 3.05) is 23.3 Å². The topological polar surface area (TPSA) is 111 Å². The summed E-state index contributed by atoms with van der Waals surface area (Å²) in [5, 5.41) is 6.84. The lowest BCUT2D eigenvalue weighted by Gasteiger charge is -2.22. The van der Waals surface area contributed by atoms with Gasteiger partial charge in [-0.15, -0.1) is 0 Å². The van der Waals surface area contributed by atoms with E-state index in [4.69, 9.17) is 10.7 Å². The van der Waals surface area contributed by atoms with E-state index in [0.29, 0.717) is 23.5 Å². The number of benzene rings is 2. The molecule has 5 rings (SSSR count). The fourth-order valence-corrected chi connectivity index (χ4v) is 4.90. The highest BCUT2D eigenvalue weighted by molar-refractivity contribution is 6.08. The van der Waals surface area contributed by atoms with Gasteiger partial charge in [0.15, 0.2) is 11.6 Å². The van der Waals surface area contributed by atoms with Crippen molar-refractivity contribution in [3.05, 3.63) is 76.0 Å². The molecule has 3 N–H and O–H groups in total. The van der Waals surface area contributed by atoms with Crippen LogP contribution in [0.4, 0.5) is 20.2 Å². The molecule has 1 atom stereocenters. The second kappa shape index (κ2) is 9.32. The minimum atomic E-state index is -0.972. The number of anilines is 2. The van der Waals surface area contributed by atoms with Crippen LogP contribution >= 0.6 is 0 Å². The zero-order chi connectivity index (χ0) is 27.4. The third-order valence-electron chi connectivity index (χ3n) is 6.67. The van der Waals surface area contributed by atoms with E-state index < -0.39 is 28.8 Å². The van der Waals surface area contributed by atoms with E-state index in [1.54, 1.807) is 6.07 Å². The molecular weight excluding hydrogens is 492 g/mol. The van der Waals surface area contributed by atoms with Gasteiger partial charge in [-0.2, -0.15) is 9.78 Å². The predicted molar refractivity (Wildman–Crippen MR) is 142 cm³/mol. The molecule has 4 aromatic rings. The SMILES string of the molecule is Cn1c(C(C)(C)C)nc2c(N3CC[C@H](N)C3)c(NC(=O)c3ccc(=O)n(-c4c(F)cccc4F)n3)ccc21. The van der Waals surface area contributed by atoms with Gasteiger partial charge in [0.2, 0.25) is 0 Å². The summed E-state index contributed by atoms with van der Waals surface area (Å²) in [4.78, 5) is 32.8. The molecule has 9 nitrogen and oxygen atoms in total. The zero-order valence-corrected chi connectivity index (χ0v) is 21.6. The smallest absolute Gasteiger partial charge is 0.276 e. The number of hydrogen-bond donors (Lipinski definition) is 2. The third kappa shape index (κ3) is 4.43. The van der Waals surface area contributed by atoms with E-state index in [-0.39, 0.29) is 17.2 Å². The quantitative estimate of drug-likeness (QED) is 0.425. The second-order valence-corrected chi connectivity index (χ2v) is 10.6. The summed E-state index contributed by atoms with van der Waals surface area (Å²) in [6, 6.07) is 9.14. The van der Waals surface area contributed by atoms with E-state index >= 15 is 0 Å². The number of nitrogens with two attached hydrogens (primary N) is 1. The first-order chi connectivity index (χ1) is 18.0. The lowest BCUT2D eigenvalue weighted by atomic mass is 9.96. The average Bonchev–Trinajstić information content (AvgIpc) is 3.43. The predicted octanol–water partition coefficient (Wildman–Crippen LogP) is 3.48. The number of imidazole rings is 1. The monoisotopic (exact) mass is 521 g/mol. The summed E-state index contributed by atoms with van der Waals surface area (Å²) in [7, 11) is 1.96. The van der Waals surface area contributed by atoms with Crippen molar-refractivity contribution in [2.24, 2.45) is 12.8 Å². The van der Waals surface area contributed by atoms with Crippen LogP contribution in [0.1, 0.15) is 43.5 Å². The number of carbonyl (C=O) groups is 1. The van der Waals surface area contributed by atoms with Gasteiger partial charge in [0, 0.05) is 37.7 Å². The fourth-order valence-electron chi connectivity index (χ4n) is 4.90. The maximum atomic E-state index is 14.4. The molecule has 1 fully saturated rings. The van der Waals surface area contributed by atoms with Crippen molar-refractivity contribution < 1.29 is 13.6 Å². The number of hydrogen-bond acceptors (Lipinski definition) is 6. The maximum absolute atomic E-state index is 14.4. The molecule has 38 heavy (non-hydrogen) atoms. The van der Waals surface area contributed by atoms with Crippen LogP contribution in [0.25, 0.3) is 16.7 Å². The maximum Gasteiger partial charge on any atom is 0.276 e. The molecule has 1 saturated heterocycles. The van der Waals surface area contributed by atoms with Crippen molar-refractivity contribution in [1.29, 1.82) is 0 Å². The number of carbonyl (C=O) groups excluding carboxylic acids is 1. The Morgan fingerprint density at radius 1 is 1.08 bits per heavy atom. The lowest BCUT2D eigenvalue weighted by Crippen LogP contribution is -2.28. The molecule has 0 saturated carbocycles. The van der Waals surface area contributed by atoms with E-state index in [9.17, 15) is 18.4 Å². The Labute approximate surface area is 217 Å². The van der Waals surface area contributed by atoms with E-state index in [0.717, 1.165) is 47.2 Å². The molecule has 2 aromatic heterocycles. The average molecular weight is 522 g/mol. The molecule has 198 valence electrons. The Hall–Kier alpha value is -4.12. The standard InChI is InChI=1S/C27H29F2N7O2/c1-27(2,3)26-32-22-20(34(26)4)10-8-18(24(22)35-13-12-15(30)14-35)31-25(38)19-9-11-21(37)36(33-19)23-16(28)6-5-7-17(23)29/h5-11,15H,12-14,30H2,1-4H3,(H,31,38)/t15-/m0/s1. The largest absolute Gasteiger partial charge is 0.366 e. The van der Waals surface area contributed by atoms with Crippen LogP contribution in [0.3, 0.4) is 0 Å². The summed E-state index contributed by atoms with van der Waals surface area (Å²) < 4.78 is 31.3. The van der Waals surface area contributed by atoms with Gasteiger partial charge in [0.25, 0.3) is 11.5 Å². The third-order valence-corrected chi connectivity index (χ3v) is 6.67. The Kier molecular flexibility index (Phi) is 6.26. The number of aromatic nitrogens is 4. The number of fused-ring (bicyclic) bond motifs is 1. The van der Waals surface area contributed by atoms with Gasteiger partial charge in [-0.25, -0.2) is 13.8 Å². The molecule has 0 aliphatic carbocycles. The Morgan fingerprint density at radius 3 is 2.42 bits per heavy atom. The number of nitrogens with one attached hydrogen (secondary N) is 1. The fraction of sp³-hybridized carbons (Fsp3) is 0.333. The Morgan fingerprint density at radius 2 is 1.79 bits per heavy atom.